The lowest BCUT2D eigenvalue weighted by molar-refractivity contribution is -0.112. The predicted octanol–water partition coefficient (Wildman–Crippen LogP) is 4.75. The number of nitrogens with one attached hydrogen (secondary N) is 1. The van der Waals surface area contributed by atoms with Crippen molar-refractivity contribution < 1.29 is 14.3 Å². The molecule has 0 heterocycles. The van der Waals surface area contributed by atoms with Gasteiger partial charge in [-0.1, -0.05) is 60.7 Å². The van der Waals surface area contributed by atoms with Crippen LogP contribution in [0.2, 0.25) is 0 Å². The summed E-state index contributed by atoms with van der Waals surface area (Å²) in [6, 6.07) is 26.9. The molecule has 1 N–H and O–H groups in total. The van der Waals surface area contributed by atoms with Gasteiger partial charge < -0.3 is 19.7 Å². The van der Waals surface area contributed by atoms with Gasteiger partial charge in [0.1, 0.15) is 23.1 Å². The molecule has 6 nitrogen and oxygen atoms in total. The van der Waals surface area contributed by atoms with E-state index in [0.717, 1.165) is 11.1 Å². The minimum Gasteiger partial charge on any atom is -0.497 e. The summed E-state index contributed by atoms with van der Waals surface area (Å²) in [6.07, 6.45) is 1.60. The summed E-state index contributed by atoms with van der Waals surface area (Å²) in [4.78, 5) is 14.9. The second-order valence-corrected chi connectivity index (χ2v) is 7.05. The van der Waals surface area contributed by atoms with Gasteiger partial charge in [-0.2, -0.15) is 5.26 Å². The molecule has 3 aromatic carbocycles. The molecule has 32 heavy (non-hydrogen) atoms. The van der Waals surface area contributed by atoms with E-state index < -0.39 is 5.91 Å². The molecule has 0 aliphatic carbocycles. The summed E-state index contributed by atoms with van der Waals surface area (Å²) < 4.78 is 10.5. The maximum absolute atomic E-state index is 12.9. The van der Waals surface area contributed by atoms with Crippen molar-refractivity contribution >= 4 is 11.6 Å². The Balaban J connectivity index is 1.86. The molecule has 0 aliphatic heterocycles. The van der Waals surface area contributed by atoms with E-state index in [2.05, 4.69) is 5.32 Å². The Morgan fingerprint density at radius 3 is 2.03 bits per heavy atom. The minimum atomic E-state index is -0.523. The molecule has 0 fully saturated rings. The number of carbonyl (C=O) groups is 1. The number of hydrogen-bond donors (Lipinski definition) is 1. The number of benzene rings is 3. The summed E-state index contributed by atoms with van der Waals surface area (Å²) in [5.41, 5.74) is 2.57. The smallest absolute Gasteiger partial charge is 0.267 e. The number of ether oxygens (including phenoxy) is 2. The molecule has 1 amide bonds. The van der Waals surface area contributed by atoms with Gasteiger partial charge in [-0.05, 0) is 23.3 Å². The Morgan fingerprint density at radius 2 is 1.53 bits per heavy atom. The Morgan fingerprint density at radius 1 is 0.938 bits per heavy atom. The van der Waals surface area contributed by atoms with Crippen LogP contribution in [0.15, 0.2) is 90.6 Å². The molecule has 0 atom stereocenters. The zero-order valence-corrected chi connectivity index (χ0v) is 18.1. The van der Waals surface area contributed by atoms with Crippen LogP contribution in [0.3, 0.4) is 0 Å². The van der Waals surface area contributed by atoms with E-state index >= 15 is 0 Å². The van der Waals surface area contributed by atoms with E-state index in [-0.39, 0.29) is 5.57 Å². The third-order valence-electron chi connectivity index (χ3n) is 4.79. The minimum absolute atomic E-state index is 0.0123. The van der Waals surface area contributed by atoms with Crippen LogP contribution in [-0.2, 0) is 17.9 Å². The zero-order valence-electron chi connectivity index (χ0n) is 18.1. The second-order valence-electron chi connectivity index (χ2n) is 7.05. The summed E-state index contributed by atoms with van der Waals surface area (Å²) in [5.74, 6) is 0.519. The Bertz CT molecular complexity index is 1060. The normalized spacial score (nSPS) is 10.7. The van der Waals surface area contributed by atoms with Crippen molar-refractivity contribution in [3.63, 3.8) is 0 Å². The average Bonchev–Trinajstić information content (AvgIpc) is 2.83. The van der Waals surface area contributed by atoms with Crippen molar-refractivity contribution in [3.05, 3.63) is 102 Å². The lowest BCUT2D eigenvalue weighted by Gasteiger charge is -2.21. The van der Waals surface area contributed by atoms with Crippen LogP contribution < -0.4 is 14.8 Å². The van der Waals surface area contributed by atoms with Gasteiger partial charge in [0, 0.05) is 25.4 Å². The summed E-state index contributed by atoms with van der Waals surface area (Å²) in [7, 11) is 3.05. The summed E-state index contributed by atoms with van der Waals surface area (Å²) in [5, 5.41) is 12.5. The van der Waals surface area contributed by atoms with Crippen molar-refractivity contribution in [1.29, 1.82) is 5.26 Å². The molecule has 0 saturated carbocycles. The molecular weight excluding hydrogens is 402 g/mol. The van der Waals surface area contributed by atoms with E-state index in [1.165, 1.54) is 7.11 Å². The molecule has 0 spiro atoms. The van der Waals surface area contributed by atoms with Crippen molar-refractivity contribution in [2.24, 2.45) is 0 Å². The van der Waals surface area contributed by atoms with Crippen molar-refractivity contribution in [3.8, 4) is 17.6 Å². The molecule has 3 aromatic rings. The third kappa shape index (κ3) is 6.13. The molecule has 0 unspecified atom stereocenters. The number of methoxy groups -OCH3 is 2. The first kappa shape index (κ1) is 22.4. The Hall–Kier alpha value is -4.24. The fourth-order valence-corrected chi connectivity index (χ4v) is 3.21. The maximum atomic E-state index is 12.9. The SMILES string of the molecule is COc1ccc(OC)c(NC(=O)/C(C#N)=C\N(Cc2ccccc2)Cc2ccccc2)c1. The van der Waals surface area contributed by atoms with Gasteiger partial charge in [-0.15, -0.1) is 0 Å². The molecule has 0 aromatic heterocycles. The molecule has 6 heteroatoms. The molecule has 0 radical (unpaired) electrons. The van der Waals surface area contributed by atoms with Crippen LogP contribution in [0, 0.1) is 11.3 Å². The van der Waals surface area contributed by atoms with Gasteiger partial charge in [0.05, 0.1) is 19.9 Å². The predicted molar refractivity (Wildman–Crippen MR) is 124 cm³/mol. The average molecular weight is 428 g/mol. The molecule has 0 saturated heterocycles. The highest BCUT2D eigenvalue weighted by Gasteiger charge is 2.15. The fourth-order valence-electron chi connectivity index (χ4n) is 3.21. The lowest BCUT2D eigenvalue weighted by Crippen LogP contribution is -2.21. The van der Waals surface area contributed by atoms with E-state index in [1.54, 1.807) is 31.5 Å². The molecule has 3 rings (SSSR count). The van der Waals surface area contributed by atoms with Gasteiger partial charge in [0.25, 0.3) is 5.91 Å². The van der Waals surface area contributed by atoms with E-state index in [0.29, 0.717) is 30.3 Å². The number of nitrogens with zero attached hydrogens (tertiary/aromatic N) is 2. The monoisotopic (exact) mass is 427 g/mol. The molecular formula is C26H25N3O3. The molecule has 0 aliphatic rings. The van der Waals surface area contributed by atoms with Gasteiger partial charge in [0.15, 0.2) is 0 Å². The number of anilines is 1. The van der Waals surface area contributed by atoms with Gasteiger partial charge >= 0.3 is 0 Å². The largest absolute Gasteiger partial charge is 0.497 e. The Labute approximate surface area is 188 Å². The number of carbonyl (C=O) groups excluding carboxylic acids is 1. The Kier molecular flexibility index (Phi) is 7.88. The van der Waals surface area contributed by atoms with Gasteiger partial charge in [-0.3, -0.25) is 4.79 Å². The topological polar surface area (TPSA) is 74.6 Å². The van der Waals surface area contributed by atoms with E-state index in [9.17, 15) is 10.1 Å². The first-order valence-electron chi connectivity index (χ1n) is 10.1. The zero-order chi connectivity index (χ0) is 22.8. The first-order chi connectivity index (χ1) is 15.6. The van der Waals surface area contributed by atoms with Gasteiger partial charge in [-0.25, -0.2) is 0 Å². The second kappa shape index (κ2) is 11.2. The lowest BCUT2D eigenvalue weighted by atomic mass is 10.1. The fraction of sp³-hybridized carbons (Fsp3) is 0.154. The van der Waals surface area contributed by atoms with Crippen LogP contribution in [0.1, 0.15) is 11.1 Å². The van der Waals surface area contributed by atoms with Crippen LogP contribution in [0.4, 0.5) is 5.69 Å². The summed E-state index contributed by atoms with van der Waals surface area (Å²) in [6.45, 7) is 1.10. The van der Waals surface area contributed by atoms with Crippen molar-refractivity contribution in [2.45, 2.75) is 13.1 Å². The standard InChI is InChI=1S/C26H25N3O3/c1-31-23-13-14-25(32-2)24(15-23)28-26(30)22(16-27)19-29(17-20-9-5-3-6-10-20)18-21-11-7-4-8-12-21/h3-15,19H,17-18H2,1-2H3,(H,28,30)/b22-19-. The number of amides is 1. The van der Waals surface area contributed by atoms with Crippen LogP contribution in [0.25, 0.3) is 0 Å². The highest BCUT2D eigenvalue weighted by Crippen LogP contribution is 2.29. The van der Waals surface area contributed by atoms with Crippen LogP contribution in [0.5, 0.6) is 11.5 Å². The number of hydrogen-bond acceptors (Lipinski definition) is 5. The molecule has 162 valence electrons. The highest BCUT2D eigenvalue weighted by atomic mass is 16.5. The maximum Gasteiger partial charge on any atom is 0.267 e. The number of rotatable bonds is 9. The summed E-state index contributed by atoms with van der Waals surface area (Å²) >= 11 is 0. The van der Waals surface area contributed by atoms with Crippen molar-refractivity contribution in [1.82, 2.24) is 4.90 Å². The quantitative estimate of drug-likeness (QED) is 0.394. The molecule has 0 bridgehead atoms. The van der Waals surface area contributed by atoms with E-state index in [1.807, 2.05) is 71.6 Å². The highest BCUT2D eigenvalue weighted by molar-refractivity contribution is 6.07. The van der Waals surface area contributed by atoms with Crippen molar-refractivity contribution in [2.75, 3.05) is 19.5 Å². The van der Waals surface area contributed by atoms with Crippen LogP contribution >= 0.6 is 0 Å². The van der Waals surface area contributed by atoms with E-state index in [4.69, 9.17) is 9.47 Å². The van der Waals surface area contributed by atoms with Crippen LogP contribution in [-0.4, -0.2) is 25.0 Å². The van der Waals surface area contributed by atoms with Gasteiger partial charge in [0.2, 0.25) is 0 Å². The first-order valence-corrected chi connectivity index (χ1v) is 10.1. The third-order valence-corrected chi connectivity index (χ3v) is 4.79. The number of nitriles is 1.